The van der Waals surface area contributed by atoms with Crippen molar-refractivity contribution in [2.45, 2.75) is 57.9 Å². The van der Waals surface area contributed by atoms with Crippen LogP contribution < -0.4 is 16.0 Å². The Hall–Kier alpha value is -0.580. The third-order valence-corrected chi connectivity index (χ3v) is 4.39. The normalized spacial score (nSPS) is 14.9. The van der Waals surface area contributed by atoms with E-state index in [1.807, 2.05) is 0 Å². The number of hydrogen-bond donors (Lipinski definition) is 2. The summed E-state index contributed by atoms with van der Waals surface area (Å²) in [5, 5.41) is 0. The van der Waals surface area contributed by atoms with Crippen molar-refractivity contribution in [2.75, 3.05) is 6.61 Å². The first-order valence-corrected chi connectivity index (χ1v) is 8.44. The smallest absolute Gasteiger partial charge is 0.125 e. The molecule has 0 saturated heterocycles. The summed E-state index contributed by atoms with van der Waals surface area (Å²) in [5.74, 6) is 6.80. The van der Waals surface area contributed by atoms with E-state index < -0.39 is 0 Å². The lowest BCUT2D eigenvalue weighted by atomic mass is 9.98. The van der Waals surface area contributed by atoms with E-state index in [1.54, 1.807) is 0 Å². The van der Waals surface area contributed by atoms with Crippen LogP contribution in [0.5, 0.6) is 5.75 Å². The van der Waals surface area contributed by atoms with Gasteiger partial charge >= 0.3 is 0 Å². The van der Waals surface area contributed by atoms with E-state index in [-0.39, 0.29) is 0 Å². The van der Waals surface area contributed by atoms with Crippen molar-refractivity contribution in [3.05, 3.63) is 27.7 Å². The molecular formula is C16H25BrN2O. The van der Waals surface area contributed by atoms with Crippen LogP contribution in [-0.4, -0.2) is 12.6 Å². The molecule has 3 nitrogen and oxygen atoms in total. The van der Waals surface area contributed by atoms with Gasteiger partial charge in [0.25, 0.3) is 0 Å². The van der Waals surface area contributed by atoms with Gasteiger partial charge in [-0.05, 0) is 36.1 Å². The molecule has 1 aromatic carbocycles. The van der Waals surface area contributed by atoms with E-state index in [2.05, 4.69) is 40.4 Å². The second-order valence-corrected chi connectivity index (χ2v) is 6.48. The van der Waals surface area contributed by atoms with Crippen LogP contribution in [0.4, 0.5) is 0 Å². The number of rotatable bonds is 8. The largest absolute Gasteiger partial charge is 0.493 e. The molecule has 0 bridgehead atoms. The van der Waals surface area contributed by atoms with E-state index in [0.29, 0.717) is 6.04 Å². The van der Waals surface area contributed by atoms with Crippen LogP contribution in [0.15, 0.2) is 16.6 Å². The van der Waals surface area contributed by atoms with E-state index >= 15 is 0 Å². The van der Waals surface area contributed by atoms with Gasteiger partial charge in [-0.25, -0.2) is 0 Å². The highest BCUT2D eigenvalue weighted by molar-refractivity contribution is 9.10. The van der Waals surface area contributed by atoms with Crippen LogP contribution in [0, 0.1) is 0 Å². The highest BCUT2D eigenvalue weighted by atomic mass is 79.9. The predicted molar refractivity (Wildman–Crippen MR) is 86.9 cm³/mol. The summed E-state index contributed by atoms with van der Waals surface area (Å²) in [6, 6.07) is 4.66. The second-order valence-electron chi connectivity index (χ2n) is 5.57. The molecule has 2 rings (SSSR count). The number of unbranched alkanes of at least 4 members (excludes halogenated alkanes) is 3. The highest BCUT2D eigenvalue weighted by Gasteiger charge is 2.19. The third kappa shape index (κ3) is 4.21. The van der Waals surface area contributed by atoms with Crippen LogP contribution in [-0.2, 0) is 12.8 Å². The second kappa shape index (κ2) is 8.01. The van der Waals surface area contributed by atoms with E-state index in [0.717, 1.165) is 36.1 Å². The standard InChI is InChI=1S/C16H25BrN2O/c1-2-3-4-5-6-15(19-18)11-13-10-14(17)9-12-7-8-20-16(12)13/h9-10,15,19H,2-8,11,18H2,1H3. The van der Waals surface area contributed by atoms with Crippen molar-refractivity contribution in [3.63, 3.8) is 0 Å². The average molecular weight is 341 g/mol. The van der Waals surface area contributed by atoms with Crippen LogP contribution in [0.25, 0.3) is 0 Å². The number of nitrogens with two attached hydrogens (primary N) is 1. The van der Waals surface area contributed by atoms with Gasteiger partial charge in [0.05, 0.1) is 6.61 Å². The fourth-order valence-electron chi connectivity index (χ4n) is 2.82. The van der Waals surface area contributed by atoms with Crippen molar-refractivity contribution in [1.82, 2.24) is 5.43 Å². The molecule has 0 saturated carbocycles. The first-order chi connectivity index (χ1) is 9.74. The molecule has 0 radical (unpaired) electrons. The highest BCUT2D eigenvalue weighted by Crippen LogP contribution is 2.34. The van der Waals surface area contributed by atoms with Crippen LogP contribution in [0.3, 0.4) is 0 Å². The summed E-state index contributed by atoms with van der Waals surface area (Å²) in [6.45, 7) is 3.04. The minimum Gasteiger partial charge on any atom is -0.493 e. The van der Waals surface area contributed by atoms with E-state index in [4.69, 9.17) is 10.6 Å². The Morgan fingerprint density at radius 1 is 1.35 bits per heavy atom. The first-order valence-electron chi connectivity index (χ1n) is 7.64. The molecule has 1 heterocycles. The van der Waals surface area contributed by atoms with Gasteiger partial charge in [0.15, 0.2) is 0 Å². The number of fused-ring (bicyclic) bond motifs is 1. The van der Waals surface area contributed by atoms with E-state index in [1.165, 1.54) is 36.8 Å². The molecule has 112 valence electrons. The molecule has 1 aliphatic heterocycles. The Kier molecular flexibility index (Phi) is 6.33. The summed E-state index contributed by atoms with van der Waals surface area (Å²) < 4.78 is 6.92. The molecule has 0 spiro atoms. The van der Waals surface area contributed by atoms with Crippen molar-refractivity contribution in [3.8, 4) is 5.75 Å². The van der Waals surface area contributed by atoms with Crippen molar-refractivity contribution in [1.29, 1.82) is 0 Å². The lowest BCUT2D eigenvalue weighted by Gasteiger charge is -2.18. The van der Waals surface area contributed by atoms with Crippen LogP contribution in [0.2, 0.25) is 0 Å². The number of ether oxygens (including phenoxy) is 1. The lowest BCUT2D eigenvalue weighted by molar-refractivity contribution is 0.350. The Balaban J connectivity index is 1.97. The van der Waals surface area contributed by atoms with E-state index in [9.17, 15) is 0 Å². The zero-order chi connectivity index (χ0) is 14.4. The summed E-state index contributed by atoms with van der Waals surface area (Å²) in [5.41, 5.74) is 5.55. The molecule has 1 aliphatic rings. The molecule has 3 N–H and O–H groups in total. The molecule has 0 fully saturated rings. The SMILES string of the molecule is CCCCCCC(Cc1cc(Br)cc2c1OCC2)NN. The molecule has 1 aromatic rings. The molecular weight excluding hydrogens is 316 g/mol. The number of nitrogens with one attached hydrogen (secondary N) is 1. The minimum absolute atomic E-state index is 0.328. The fourth-order valence-corrected chi connectivity index (χ4v) is 3.38. The van der Waals surface area contributed by atoms with Gasteiger partial charge in [-0.1, -0.05) is 48.5 Å². The van der Waals surface area contributed by atoms with Gasteiger partial charge in [-0.3, -0.25) is 11.3 Å². The summed E-state index contributed by atoms with van der Waals surface area (Å²) in [4.78, 5) is 0. The van der Waals surface area contributed by atoms with Gasteiger partial charge in [-0.15, -0.1) is 0 Å². The summed E-state index contributed by atoms with van der Waals surface area (Å²) in [7, 11) is 0. The maximum absolute atomic E-state index is 5.78. The van der Waals surface area contributed by atoms with Gasteiger partial charge in [0.1, 0.15) is 5.75 Å². The van der Waals surface area contributed by atoms with Crippen molar-refractivity contribution >= 4 is 15.9 Å². The Bertz CT molecular complexity index is 437. The topological polar surface area (TPSA) is 47.3 Å². The lowest BCUT2D eigenvalue weighted by Crippen LogP contribution is -2.36. The zero-order valence-corrected chi connectivity index (χ0v) is 13.8. The average Bonchev–Trinajstić information content (AvgIpc) is 2.90. The summed E-state index contributed by atoms with van der Waals surface area (Å²) in [6.07, 6.45) is 8.18. The molecule has 1 unspecified atom stereocenters. The molecule has 1 atom stereocenters. The Morgan fingerprint density at radius 2 is 2.20 bits per heavy atom. The van der Waals surface area contributed by atoms with Gasteiger partial charge < -0.3 is 4.74 Å². The predicted octanol–water partition coefficient (Wildman–Crippen LogP) is 3.73. The molecule has 0 aliphatic carbocycles. The summed E-state index contributed by atoms with van der Waals surface area (Å²) >= 11 is 3.59. The Morgan fingerprint density at radius 3 is 2.95 bits per heavy atom. The van der Waals surface area contributed by atoms with Gasteiger partial charge in [0.2, 0.25) is 0 Å². The maximum atomic E-state index is 5.78. The van der Waals surface area contributed by atoms with Crippen LogP contribution >= 0.6 is 15.9 Å². The van der Waals surface area contributed by atoms with Gasteiger partial charge in [0, 0.05) is 16.9 Å². The first kappa shape index (κ1) is 15.8. The molecule has 20 heavy (non-hydrogen) atoms. The number of benzene rings is 1. The molecule has 0 aromatic heterocycles. The third-order valence-electron chi connectivity index (χ3n) is 3.93. The number of hydrogen-bond acceptors (Lipinski definition) is 3. The molecule has 4 heteroatoms. The quantitative estimate of drug-likeness (QED) is 0.430. The maximum Gasteiger partial charge on any atom is 0.125 e. The monoisotopic (exact) mass is 340 g/mol. The van der Waals surface area contributed by atoms with Gasteiger partial charge in [-0.2, -0.15) is 0 Å². The number of halogens is 1. The Labute approximate surface area is 130 Å². The van der Waals surface area contributed by atoms with Crippen molar-refractivity contribution < 1.29 is 4.74 Å². The van der Waals surface area contributed by atoms with Crippen molar-refractivity contribution in [2.24, 2.45) is 5.84 Å². The molecule has 0 amide bonds. The number of hydrazine groups is 1. The zero-order valence-electron chi connectivity index (χ0n) is 12.3. The van der Waals surface area contributed by atoms with Crippen LogP contribution in [0.1, 0.15) is 50.2 Å². The minimum atomic E-state index is 0.328. The fraction of sp³-hybridized carbons (Fsp3) is 0.625.